The number of hydrogen-bond acceptors (Lipinski definition) is 1. The fraction of sp³-hybridized carbons (Fsp3) is 0.692. The Hall–Kier alpha value is -0.560. The number of aliphatic hydroxyl groups is 1. The quantitative estimate of drug-likeness (QED) is 0.505. The van der Waals surface area contributed by atoms with Crippen molar-refractivity contribution in [3.8, 4) is 0 Å². The molecule has 0 heterocycles. The van der Waals surface area contributed by atoms with E-state index in [-0.39, 0.29) is 6.10 Å². The molecule has 1 nitrogen and oxygen atoms in total. The molecule has 0 radical (unpaired) electrons. The predicted octanol–water partition coefficient (Wildman–Crippen LogP) is 3.84. The molecule has 0 aliphatic heterocycles. The van der Waals surface area contributed by atoms with E-state index in [0.717, 1.165) is 18.4 Å². The Morgan fingerprint density at radius 2 is 1.93 bits per heavy atom. The first-order chi connectivity index (χ1) is 6.61. The first kappa shape index (κ1) is 13.4. The summed E-state index contributed by atoms with van der Waals surface area (Å²) < 4.78 is 0. The Morgan fingerprint density at radius 3 is 2.36 bits per heavy atom. The highest BCUT2D eigenvalue weighted by molar-refractivity contribution is 5.16. The maximum absolute atomic E-state index is 9.83. The van der Waals surface area contributed by atoms with Gasteiger partial charge in [-0.2, -0.15) is 0 Å². The molecule has 0 bridgehead atoms. The van der Waals surface area contributed by atoms with E-state index in [1.165, 1.54) is 18.4 Å². The van der Waals surface area contributed by atoms with E-state index in [4.69, 9.17) is 0 Å². The van der Waals surface area contributed by atoms with Gasteiger partial charge in [-0.1, -0.05) is 44.4 Å². The normalized spacial score (nSPS) is 13.9. The largest absolute Gasteiger partial charge is 0.385 e. The van der Waals surface area contributed by atoms with E-state index < -0.39 is 0 Å². The Morgan fingerprint density at radius 1 is 1.29 bits per heavy atom. The molecule has 0 aromatic heterocycles. The number of unbranched alkanes of at least 4 members (excludes halogenated alkanes) is 2. The third-order valence-corrected chi connectivity index (χ3v) is 2.24. The van der Waals surface area contributed by atoms with Crippen LogP contribution in [0.2, 0.25) is 0 Å². The van der Waals surface area contributed by atoms with Gasteiger partial charge >= 0.3 is 0 Å². The van der Waals surface area contributed by atoms with E-state index in [2.05, 4.69) is 19.9 Å². The Kier molecular flexibility index (Phi) is 7.50. The molecule has 14 heavy (non-hydrogen) atoms. The highest BCUT2D eigenvalue weighted by Gasteiger charge is 2.04. The average molecular weight is 196 g/mol. The van der Waals surface area contributed by atoms with Gasteiger partial charge < -0.3 is 5.11 Å². The van der Waals surface area contributed by atoms with Crippen LogP contribution in [0.15, 0.2) is 23.3 Å². The van der Waals surface area contributed by atoms with Gasteiger partial charge in [0.1, 0.15) is 0 Å². The van der Waals surface area contributed by atoms with Crippen molar-refractivity contribution in [2.45, 2.75) is 59.5 Å². The van der Waals surface area contributed by atoms with E-state index in [1.807, 2.05) is 19.9 Å². The van der Waals surface area contributed by atoms with Crippen molar-refractivity contribution in [2.75, 3.05) is 0 Å². The van der Waals surface area contributed by atoms with Crippen LogP contribution >= 0.6 is 0 Å². The average Bonchev–Trinajstić information content (AvgIpc) is 2.11. The summed E-state index contributed by atoms with van der Waals surface area (Å²) in [6.07, 6.45) is 8.19. The zero-order valence-electron chi connectivity index (χ0n) is 10.0. The molecular weight excluding hydrogens is 172 g/mol. The predicted molar refractivity (Wildman–Crippen MR) is 63.3 cm³/mol. The molecule has 1 N–H and O–H groups in total. The zero-order valence-corrected chi connectivity index (χ0v) is 10.0. The van der Waals surface area contributed by atoms with E-state index in [9.17, 15) is 5.11 Å². The molecule has 0 aliphatic rings. The van der Waals surface area contributed by atoms with Crippen molar-refractivity contribution in [2.24, 2.45) is 0 Å². The van der Waals surface area contributed by atoms with Crippen molar-refractivity contribution in [1.29, 1.82) is 0 Å². The van der Waals surface area contributed by atoms with Gasteiger partial charge in [0.15, 0.2) is 0 Å². The van der Waals surface area contributed by atoms with Crippen LogP contribution in [0.25, 0.3) is 0 Å². The number of hydrogen-bond donors (Lipinski definition) is 1. The van der Waals surface area contributed by atoms with E-state index in [1.54, 1.807) is 0 Å². The minimum absolute atomic E-state index is 0.373. The molecule has 0 rings (SSSR count). The smallest absolute Gasteiger partial charge is 0.0934 e. The first-order valence-corrected chi connectivity index (χ1v) is 5.63. The minimum atomic E-state index is -0.373. The number of rotatable bonds is 6. The van der Waals surface area contributed by atoms with Gasteiger partial charge in [-0.3, -0.25) is 0 Å². The second-order valence-electron chi connectivity index (χ2n) is 3.96. The van der Waals surface area contributed by atoms with Gasteiger partial charge in [0.05, 0.1) is 6.10 Å². The summed E-state index contributed by atoms with van der Waals surface area (Å²) in [7, 11) is 0. The standard InChI is InChI=1S/C13H24O/c1-5-7-8-9-12(6-2)13(14)10-11(3)4/h9-10,13-14H,5-8H2,1-4H3/b12-9-. The lowest BCUT2D eigenvalue weighted by molar-refractivity contribution is 0.254. The van der Waals surface area contributed by atoms with Crippen molar-refractivity contribution in [3.63, 3.8) is 0 Å². The summed E-state index contributed by atoms with van der Waals surface area (Å²) in [6, 6.07) is 0. The molecule has 0 saturated carbocycles. The van der Waals surface area contributed by atoms with Crippen LogP contribution in [0.4, 0.5) is 0 Å². The Balaban J connectivity index is 4.24. The van der Waals surface area contributed by atoms with Crippen LogP contribution in [-0.2, 0) is 0 Å². The fourth-order valence-electron chi connectivity index (χ4n) is 1.39. The van der Waals surface area contributed by atoms with Crippen LogP contribution in [0.3, 0.4) is 0 Å². The summed E-state index contributed by atoms with van der Waals surface area (Å²) in [5, 5.41) is 9.83. The fourth-order valence-corrected chi connectivity index (χ4v) is 1.39. The maximum Gasteiger partial charge on any atom is 0.0934 e. The van der Waals surface area contributed by atoms with Crippen LogP contribution < -0.4 is 0 Å². The molecule has 0 saturated heterocycles. The lowest BCUT2D eigenvalue weighted by Gasteiger charge is -2.10. The van der Waals surface area contributed by atoms with Gasteiger partial charge in [0, 0.05) is 0 Å². The van der Waals surface area contributed by atoms with Gasteiger partial charge in [0.2, 0.25) is 0 Å². The summed E-state index contributed by atoms with van der Waals surface area (Å²) in [6.45, 7) is 8.32. The van der Waals surface area contributed by atoms with Crippen LogP contribution in [0.5, 0.6) is 0 Å². The van der Waals surface area contributed by atoms with Gasteiger partial charge in [-0.25, -0.2) is 0 Å². The molecule has 1 heteroatoms. The Labute approximate surface area is 88.5 Å². The van der Waals surface area contributed by atoms with Gasteiger partial charge in [-0.15, -0.1) is 0 Å². The third-order valence-electron chi connectivity index (χ3n) is 2.24. The van der Waals surface area contributed by atoms with Gasteiger partial charge in [0.25, 0.3) is 0 Å². The molecule has 0 fully saturated rings. The van der Waals surface area contributed by atoms with Crippen LogP contribution in [0.1, 0.15) is 53.4 Å². The molecule has 0 aromatic rings. The lowest BCUT2D eigenvalue weighted by atomic mass is 10.0. The molecule has 82 valence electrons. The summed E-state index contributed by atoms with van der Waals surface area (Å²) >= 11 is 0. The molecular formula is C13H24O. The van der Waals surface area contributed by atoms with E-state index in [0.29, 0.717) is 0 Å². The minimum Gasteiger partial charge on any atom is -0.385 e. The second-order valence-corrected chi connectivity index (χ2v) is 3.96. The first-order valence-electron chi connectivity index (χ1n) is 5.63. The Bertz CT molecular complexity index is 197. The molecule has 0 amide bonds. The van der Waals surface area contributed by atoms with E-state index >= 15 is 0 Å². The highest BCUT2D eigenvalue weighted by atomic mass is 16.3. The topological polar surface area (TPSA) is 20.2 Å². The van der Waals surface area contributed by atoms with Gasteiger partial charge in [-0.05, 0) is 32.3 Å². The molecule has 0 spiro atoms. The van der Waals surface area contributed by atoms with Crippen molar-refractivity contribution in [1.82, 2.24) is 0 Å². The summed E-state index contributed by atoms with van der Waals surface area (Å²) in [4.78, 5) is 0. The zero-order chi connectivity index (χ0) is 11.0. The summed E-state index contributed by atoms with van der Waals surface area (Å²) in [5.74, 6) is 0. The van der Waals surface area contributed by atoms with Crippen LogP contribution in [-0.4, -0.2) is 11.2 Å². The third kappa shape index (κ3) is 5.98. The molecule has 0 aromatic carbocycles. The van der Waals surface area contributed by atoms with Crippen LogP contribution in [0, 0.1) is 0 Å². The van der Waals surface area contributed by atoms with Crippen molar-refractivity contribution >= 4 is 0 Å². The highest BCUT2D eigenvalue weighted by Crippen LogP contribution is 2.12. The van der Waals surface area contributed by atoms with Crippen molar-refractivity contribution in [3.05, 3.63) is 23.3 Å². The number of allylic oxidation sites excluding steroid dienone is 2. The monoisotopic (exact) mass is 196 g/mol. The molecule has 1 unspecified atom stereocenters. The second kappa shape index (κ2) is 7.81. The van der Waals surface area contributed by atoms with Crippen molar-refractivity contribution < 1.29 is 5.11 Å². The molecule has 0 aliphatic carbocycles. The molecule has 1 atom stereocenters. The summed E-state index contributed by atoms with van der Waals surface area (Å²) in [5.41, 5.74) is 2.33. The SMILES string of the molecule is CCCC/C=C(/CC)C(O)C=C(C)C. The maximum atomic E-state index is 9.83. The lowest BCUT2D eigenvalue weighted by Crippen LogP contribution is -2.06. The number of aliphatic hydroxyl groups excluding tert-OH is 1.